The van der Waals surface area contributed by atoms with Gasteiger partial charge in [-0.3, -0.25) is 4.79 Å². The van der Waals surface area contributed by atoms with Crippen LogP contribution in [0.5, 0.6) is 0 Å². The van der Waals surface area contributed by atoms with Crippen LogP contribution in [0.2, 0.25) is 0 Å². The van der Waals surface area contributed by atoms with Gasteiger partial charge in [-0.2, -0.15) is 0 Å². The standard InChI is InChI=1S/C15H18N2O3S/c1-2-17(9-7-8-9)15(20)13(19)12(18)14-16-10-5-3-4-6-11(10)21-14/h3-6,9,12-13,18-19H,2,7-8H2,1H3. The molecule has 2 unspecified atom stereocenters. The van der Waals surface area contributed by atoms with Crippen LogP contribution < -0.4 is 0 Å². The number of carbonyl (C=O) groups is 1. The van der Waals surface area contributed by atoms with E-state index in [2.05, 4.69) is 4.98 Å². The Bertz CT molecular complexity index is 620. The van der Waals surface area contributed by atoms with E-state index < -0.39 is 18.1 Å². The van der Waals surface area contributed by atoms with Crippen molar-refractivity contribution in [2.75, 3.05) is 6.54 Å². The number of aliphatic hydroxyl groups is 2. The normalized spacial score (nSPS) is 17.7. The molecule has 1 heterocycles. The van der Waals surface area contributed by atoms with Crippen LogP contribution in [0.4, 0.5) is 0 Å². The van der Waals surface area contributed by atoms with Gasteiger partial charge in [-0.05, 0) is 31.9 Å². The number of carbonyl (C=O) groups excluding carboxylic acids is 1. The largest absolute Gasteiger partial charge is 0.383 e. The van der Waals surface area contributed by atoms with Gasteiger partial charge in [0.2, 0.25) is 0 Å². The summed E-state index contributed by atoms with van der Waals surface area (Å²) < 4.78 is 0.931. The highest BCUT2D eigenvalue weighted by atomic mass is 32.1. The highest BCUT2D eigenvalue weighted by Crippen LogP contribution is 2.31. The number of fused-ring (bicyclic) bond motifs is 1. The molecule has 2 atom stereocenters. The molecule has 6 heteroatoms. The number of para-hydroxylation sites is 1. The molecule has 1 aliphatic carbocycles. The van der Waals surface area contributed by atoms with E-state index in [0.717, 1.165) is 23.1 Å². The number of amides is 1. The van der Waals surface area contributed by atoms with Crippen LogP contribution in [0, 0.1) is 0 Å². The summed E-state index contributed by atoms with van der Waals surface area (Å²) in [6.07, 6.45) is -0.776. The maximum absolute atomic E-state index is 12.3. The average molecular weight is 306 g/mol. The highest BCUT2D eigenvalue weighted by molar-refractivity contribution is 7.18. The van der Waals surface area contributed by atoms with Gasteiger partial charge in [0, 0.05) is 12.6 Å². The van der Waals surface area contributed by atoms with Crippen molar-refractivity contribution >= 4 is 27.5 Å². The fraction of sp³-hybridized carbons (Fsp3) is 0.467. The molecule has 0 radical (unpaired) electrons. The molecular weight excluding hydrogens is 288 g/mol. The lowest BCUT2D eigenvalue weighted by Gasteiger charge is -2.25. The van der Waals surface area contributed by atoms with Crippen molar-refractivity contribution in [2.24, 2.45) is 0 Å². The molecule has 1 amide bonds. The van der Waals surface area contributed by atoms with Crippen molar-refractivity contribution in [3.8, 4) is 0 Å². The fourth-order valence-corrected chi connectivity index (χ4v) is 3.42. The second-order valence-corrected chi connectivity index (χ2v) is 6.33. The van der Waals surface area contributed by atoms with Crippen molar-refractivity contribution < 1.29 is 15.0 Å². The quantitative estimate of drug-likeness (QED) is 0.882. The summed E-state index contributed by atoms with van der Waals surface area (Å²) in [5, 5.41) is 20.8. The van der Waals surface area contributed by atoms with Gasteiger partial charge in [-0.25, -0.2) is 4.98 Å². The Hall–Kier alpha value is -1.50. The van der Waals surface area contributed by atoms with Crippen molar-refractivity contribution in [3.63, 3.8) is 0 Å². The van der Waals surface area contributed by atoms with Crippen LogP contribution in [0.25, 0.3) is 10.2 Å². The lowest BCUT2D eigenvalue weighted by Crippen LogP contribution is -2.43. The first-order chi connectivity index (χ1) is 10.1. The first-order valence-corrected chi connectivity index (χ1v) is 7.95. The number of aliphatic hydroxyl groups excluding tert-OH is 2. The molecule has 1 fully saturated rings. The van der Waals surface area contributed by atoms with Gasteiger partial charge >= 0.3 is 0 Å². The van der Waals surface area contributed by atoms with Crippen LogP contribution in [0.15, 0.2) is 24.3 Å². The number of hydrogen-bond donors (Lipinski definition) is 2. The Morgan fingerprint density at radius 2 is 2.14 bits per heavy atom. The van der Waals surface area contributed by atoms with E-state index in [-0.39, 0.29) is 6.04 Å². The van der Waals surface area contributed by atoms with Gasteiger partial charge in [0.25, 0.3) is 5.91 Å². The monoisotopic (exact) mass is 306 g/mol. The molecule has 1 aromatic heterocycles. The summed E-state index contributed by atoms with van der Waals surface area (Å²) in [7, 11) is 0. The van der Waals surface area contributed by atoms with Gasteiger partial charge in [-0.1, -0.05) is 12.1 Å². The van der Waals surface area contributed by atoms with E-state index in [1.54, 1.807) is 4.90 Å². The summed E-state index contributed by atoms with van der Waals surface area (Å²) in [5.74, 6) is -0.410. The lowest BCUT2D eigenvalue weighted by atomic mass is 10.2. The van der Waals surface area contributed by atoms with E-state index >= 15 is 0 Å². The molecule has 1 aromatic carbocycles. The zero-order chi connectivity index (χ0) is 15.0. The molecule has 5 nitrogen and oxygen atoms in total. The van der Waals surface area contributed by atoms with Crippen molar-refractivity contribution in [1.29, 1.82) is 0 Å². The highest BCUT2D eigenvalue weighted by Gasteiger charge is 2.37. The molecular formula is C15H18N2O3S. The van der Waals surface area contributed by atoms with Crippen LogP contribution in [-0.2, 0) is 4.79 Å². The molecule has 1 aliphatic rings. The Kier molecular flexibility index (Phi) is 3.93. The van der Waals surface area contributed by atoms with Crippen LogP contribution in [-0.4, -0.2) is 44.7 Å². The fourth-order valence-electron chi connectivity index (χ4n) is 2.44. The number of nitrogens with zero attached hydrogens (tertiary/aromatic N) is 2. The van der Waals surface area contributed by atoms with E-state index in [1.165, 1.54) is 11.3 Å². The van der Waals surface area contributed by atoms with Crippen LogP contribution >= 0.6 is 11.3 Å². The minimum atomic E-state index is -1.45. The first-order valence-electron chi connectivity index (χ1n) is 7.14. The van der Waals surface area contributed by atoms with E-state index in [0.29, 0.717) is 11.6 Å². The second-order valence-electron chi connectivity index (χ2n) is 5.26. The molecule has 1 saturated carbocycles. The number of thiazole rings is 1. The van der Waals surface area contributed by atoms with Crippen molar-refractivity contribution in [3.05, 3.63) is 29.3 Å². The number of benzene rings is 1. The molecule has 2 N–H and O–H groups in total. The lowest BCUT2D eigenvalue weighted by molar-refractivity contribution is -0.146. The van der Waals surface area contributed by atoms with Gasteiger partial charge in [0.05, 0.1) is 10.2 Å². The smallest absolute Gasteiger partial charge is 0.254 e. The second kappa shape index (κ2) is 5.71. The van der Waals surface area contributed by atoms with E-state index in [1.807, 2.05) is 31.2 Å². The average Bonchev–Trinajstić information content (AvgIpc) is 3.23. The Balaban J connectivity index is 1.79. The predicted octanol–water partition coefficient (Wildman–Crippen LogP) is 1.70. The molecule has 112 valence electrons. The number of likely N-dealkylation sites (N-methyl/N-ethyl adjacent to an activating group) is 1. The Labute approximate surface area is 126 Å². The minimum absolute atomic E-state index is 0.222. The molecule has 2 aromatic rings. The zero-order valence-electron chi connectivity index (χ0n) is 11.8. The molecule has 0 bridgehead atoms. The SMILES string of the molecule is CCN(C(=O)C(O)C(O)c1nc2ccccc2s1)C1CC1. The third-order valence-corrected chi connectivity index (χ3v) is 4.83. The third kappa shape index (κ3) is 2.79. The molecule has 0 spiro atoms. The molecule has 3 rings (SSSR count). The zero-order valence-corrected chi connectivity index (χ0v) is 12.6. The van der Waals surface area contributed by atoms with Crippen LogP contribution in [0.1, 0.15) is 30.9 Å². The molecule has 21 heavy (non-hydrogen) atoms. The molecule has 0 aliphatic heterocycles. The Morgan fingerprint density at radius 1 is 1.43 bits per heavy atom. The summed E-state index contributed by atoms with van der Waals surface area (Å²) >= 11 is 1.30. The summed E-state index contributed by atoms with van der Waals surface area (Å²) in [6.45, 7) is 2.43. The van der Waals surface area contributed by atoms with E-state index in [9.17, 15) is 15.0 Å². The summed E-state index contributed by atoms with van der Waals surface area (Å²) in [6, 6.07) is 7.73. The Morgan fingerprint density at radius 3 is 2.76 bits per heavy atom. The number of hydrogen-bond acceptors (Lipinski definition) is 5. The van der Waals surface area contributed by atoms with Gasteiger partial charge in [0.1, 0.15) is 11.1 Å². The van der Waals surface area contributed by atoms with Gasteiger partial charge < -0.3 is 15.1 Å². The van der Waals surface area contributed by atoms with Gasteiger partial charge in [0.15, 0.2) is 6.10 Å². The minimum Gasteiger partial charge on any atom is -0.383 e. The third-order valence-electron chi connectivity index (χ3n) is 3.73. The maximum atomic E-state index is 12.3. The van der Waals surface area contributed by atoms with Crippen molar-refractivity contribution in [2.45, 2.75) is 38.0 Å². The van der Waals surface area contributed by atoms with Gasteiger partial charge in [-0.15, -0.1) is 11.3 Å². The number of rotatable bonds is 5. The first kappa shape index (κ1) is 14.4. The van der Waals surface area contributed by atoms with E-state index in [4.69, 9.17) is 0 Å². The molecule has 0 saturated heterocycles. The van der Waals surface area contributed by atoms with Crippen molar-refractivity contribution in [1.82, 2.24) is 9.88 Å². The maximum Gasteiger partial charge on any atom is 0.254 e. The summed E-state index contributed by atoms with van der Waals surface area (Å²) in [4.78, 5) is 18.2. The topological polar surface area (TPSA) is 73.7 Å². The summed E-state index contributed by atoms with van der Waals surface area (Å²) in [5.41, 5.74) is 0.769. The number of aromatic nitrogens is 1. The predicted molar refractivity (Wildman–Crippen MR) is 81.0 cm³/mol. The van der Waals surface area contributed by atoms with Crippen LogP contribution in [0.3, 0.4) is 0 Å².